The summed E-state index contributed by atoms with van der Waals surface area (Å²) in [5.41, 5.74) is 0.556. The first-order valence-corrected chi connectivity index (χ1v) is 7.87. The zero-order valence-corrected chi connectivity index (χ0v) is 12.9. The van der Waals surface area contributed by atoms with E-state index in [-0.39, 0.29) is 6.61 Å². The first-order valence-electron chi connectivity index (χ1n) is 7.87. The quantitative estimate of drug-likeness (QED) is 0.730. The van der Waals surface area contributed by atoms with Gasteiger partial charge in [0.05, 0.1) is 32.0 Å². The smallest absolute Gasteiger partial charge is 0.0905 e. The van der Waals surface area contributed by atoms with Gasteiger partial charge in [0.25, 0.3) is 0 Å². The summed E-state index contributed by atoms with van der Waals surface area (Å²) in [7, 11) is 0. The normalized spacial score (nSPS) is 21.3. The molecule has 2 atom stereocenters. The van der Waals surface area contributed by atoms with Crippen LogP contribution in [0.4, 0.5) is 0 Å². The maximum Gasteiger partial charge on any atom is 0.0905 e. The molecule has 1 aliphatic rings. The Hall–Kier alpha value is -0.940. The van der Waals surface area contributed by atoms with E-state index in [0.29, 0.717) is 19.1 Å². The van der Waals surface area contributed by atoms with Gasteiger partial charge in [-0.15, -0.1) is 0 Å². The fraction of sp³-hybridized carbons (Fsp3) is 0.647. The van der Waals surface area contributed by atoms with Gasteiger partial charge in [0.2, 0.25) is 0 Å². The van der Waals surface area contributed by atoms with Crippen molar-refractivity contribution in [2.24, 2.45) is 5.92 Å². The fourth-order valence-corrected chi connectivity index (χ4v) is 2.67. The highest BCUT2D eigenvalue weighted by Crippen LogP contribution is 2.22. The van der Waals surface area contributed by atoms with Crippen molar-refractivity contribution in [2.45, 2.75) is 25.3 Å². The molecule has 0 amide bonds. The highest BCUT2D eigenvalue weighted by molar-refractivity contribution is 5.25. The molecule has 1 heterocycles. The molecular weight excluding hydrogens is 266 g/mol. The van der Waals surface area contributed by atoms with Gasteiger partial charge in [0.1, 0.15) is 0 Å². The molecule has 1 saturated heterocycles. The minimum atomic E-state index is -0.517. The Kier molecular flexibility index (Phi) is 6.64. The maximum absolute atomic E-state index is 9.98. The number of aliphatic hydroxyl groups is 1. The molecule has 2 rings (SSSR count). The van der Waals surface area contributed by atoms with E-state index >= 15 is 0 Å². The van der Waals surface area contributed by atoms with Gasteiger partial charge in [-0.05, 0) is 24.9 Å². The molecule has 0 spiro atoms. The highest BCUT2D eigenvalue weighted by Gasteiger charge is 2.31. The number of hydrogen-bond acceptors (Lipinski definition) is 4. The minimum absolute atomic E-state index is 0.0260. The van der Waals surface area contributed by atoms with E-state index < -0.39 is 5.54 Å². The Bertz CT molecular complexity index is 392. The van der Waals surface area contributed by atoms with E-state index in [4.69, 9.17) is 9.47 Å². The second-order valence-electron chi connectivity index (χ2n) is 5.78. The number of hydrogen-bond donors (Lipinski definition) is 2. The molecular formula is C17H27NO3. The lowest BCUT2D eigenvalue weighted by molar-refractivity contribution is 0.0164. The van der Waals surface area contributed by atoms with Crippen LogP contribution in [0, 0.1) is 5.92 Å². The van der Waals surface area contributed by atoms with Crippen LogP contribution in [0.3, 0.4) is 0 Å². The number of nitrogens with one attached hydrogen (secondary N) is 1. The Morgan fingerprint density at radius 1 is 1.38 bits per heavy atom. The number of aliphatic hydroxyl groups excluding tert-OH is 1. The Labute approximate surface area is 127 Å². The summed E-state index contributed by atoms with van der Waals surface area (Å²) in [6.07, 6.45) is 2.09. The molecule has 0 saturated carbocycles. The topological polar surface area (TPSA) is 50.7 Å². The van der Waals surface area contributed by atoms with Crippen LogP contribution < -0.4 is 5.32 Å². The van der Waals surface area contributed by atoms with Gasteiger partial charge >= 0.3 is 0 Å². The lowest BCUT2D eigenvalue weighted by Gasteiger charge is -2.34. The standard InChI is InChI=1S/C17H27NO3/c1-2-9-18-17(13-19,16-6-4-3-5-7-16)14-21-12-15-8-10-20-11-15/h3-7,15,18-19H,2,8-14H2,1H3. The molecule has 1 aliphatic heterocycles. The maximum atomic E-state index is 9.98. The number of ether oxygens (including phenoxy) is 2. The van der Waals surface area contributed by atoms with Gasteiger partial charge in [0.15, 0.2) is 0 Å². The molecule has 0 aromatic heterocycles. The van der Waals surface area contributed by atoms with Crippen molar-refractivity contribution < 1.29 is 14.6 Å². The van der Waals surface area contributed by atoms with Crippen LogP contribution in [0.5, 0.6) is 0 Å². The second-order valence-corrected chi connectivity index (χ2v) is 5.78. The molecule has 1 aromatic rings. The predicted octanol–water partition coefficient (Wildman–Crippen LogP) is 1.93. The van der Waals surface area contributed by atoms with Crippen LogP contribution in [-0.4, -0.2) is 44.7 Å². The van der Waals surface area contributed by atoms with Gasteiger partial charge in [0, 0.05) is 12.5 Å². The van der Waals surface area contributed by atoms with Crippen molar-refractivity contribution in [3.8, 4) is 0 Å². The lowest BCUT2D eigenvalue weighted by Crippen LogP contribution is -2.50. The average molecular weight is 293 g/mol. The third-order valence-corrected chi connectivity index (χ3v) is 4.04. The van der Waals surface area contributed by atoms with Gasteiger partial charge in [-0.3, -0.25) is 0 Å². The van der Waals surface area contributed by atoms with Crippen LogP contribution in [-0.2, 0) is 15.0 Å². The average Bonchev–Trinajstić information content (AvgIpc) is 3.05. The molecule has 0 aliphatic carbocycles. The van der Waals surface area contributed by atoms with Crippen LogP contribution in [0.15, 0.2) is 30.3 Å². The largest absolute Gasteiger partial charge is 0.394 e. The van der Waals surface area contributed by atoms with Crippen LogP contribution in [0.1, 0.15) is 25.3 Å². The third kappa shape index (κ3) is 4.51. The first kappa shape index (κ1) is 16.4. The van der Waals surface area contributed by atoms with Crippen LogP contribution in [0.2, 0.25) is 0 Å². The number of rotatable bonds is 9. The van der Waals surface area contributed by atoms with Crippen molar-refractivity contribution >= 4 is 0 Å². The Morgan fingerprint density at radius 2 is 2.19 bits per heavy atom. The van der Waals surface area contributed by atoms with E-state index in [9.17, 15) is 5.11 Å². The van der Waals surface area contributed by atoms with E-state index in [1.807, 2.05) is 30.3 Å². The van der Waals surface area contributed by atoms with Crippen molar-refractivity contribution in [1.82, 2.24) is 5.32 Å². The molecule has 4 nitrogen and oxygen atoms in total. The van der Waals surface area contributed by atoms with Crippen LogP contribution >= 0.6 is 0 Å². The van der Waals surface area contributed by atoms with E-state index in [0.717, 1.165) is 38.2 Å². The summed E-state index contributed by atoms with van der Waals surface area (Å²) < 4.78 is 11.3. The fourth-order valence-electron chi connectivity index (χ4n) is 2.67. The first-order chi connectivity index (χ1) is 10.3. The molecule has 2 unspecified atom stereocenters. The minimum Gasteiger partial charge on any atom is -0.394 e. The summed E-state index contributed by atoms with van der Waals surface area (Å²) in [6, 6.07) is 10.1. The van der Waals surface area contributed by atoms with E-state index in [2.05, 4.69) is 12.2 Å². The molecule has 1 aromatic carbocycles. The molecule has 118 valence electrons. The summed E-state index contributed by atoms with van der Waals surface area (Å²) in [4.78, 5) is 0. The number of benzene rings is 1. The molecule has 1 fully saturated rings. The highest BCUT2D eigenvalue weighted by atomic mass is 16.5. The summed E-state index contributed by atoms with van der Waals surface area (Å²) >= 11 is 0. The van der Waals surface area contributed by atoms with E-state index in [1.165, 1.54) is 0 Å². The lowest BCUT2D eigenvalue weighted by atomic mass is 9.91. The zero-order chi connectivity index (χ0) is 15.0. The summed E-state index contributed by atoms with van der Waals surface area (Å²) in [5, 5.41) is 13.4. The molecule has 4 heteroatoms. The van der Waals surface area contributed by atoms with Crippen molar-refractivity contribution in [3.05, 3.63) is 35.9 Å². The van der Waals surface area contributed by atoms with Gasteiger partial charge < -0.3 is 19.9 Å². The Morgan fingerprint density at radius 3 is 2.81 bits per heavy atom. The third-order valence-electron chi connectivity index (χ3n) is 4.04. The van der Waals surface area contributed by atoms with Gasteiger partial charge in [-0.1, -0.05) is 37.3 Å². The summed E-state index contributed by atoms with van der Waals surface area (Å²) in [6.45, 7) is 5.80. The van der Waals surface area contributed by atoms with Crippen molar-refractivity contribution in [3.63, 3.8) is 0 Å². The van der Waals surface area contributed by atoms with Crippen LogP contribution in [0.25, 0.3) is 0 Å². The SMILES string of the molecule is CCCNC(CO)(COCC1CCOC1)c1ccccc1. The molecule has 21 heavy (non-hydrogen) atoms. The second kappa shape index (κ2) is 8.49. The summed E-state index contributed by atoms with van der Waals surface area (Å²) in [5.74, 6) is 0.489. The van der Waals surface area contributed by atoms with Gasteiger partial charge in [-0.2, -0.15) is 0 Å². The van der Waals surface area contributed by atoms with E-state index in [1.54, 1.807) is 0 Å². The van der Waals surface area contributed by atoms with Crippen molar-refractivity contribution in [1.29, 1.82) is 0 Å². The zero-order valence-electron chi connectivity index (χ0n) is 12.9. The molecule has 0 bridgehead atoms. The predicted molar refractivity (Wildman–Crippen MR) is 83.2 cm³/mol. The Balaban J connectivity index is 1.99. The molecule has 2 N–H and O–H groups in total. The molecule has 0 radical (unpaired) electrons. The van der Waals surface area contributed by atoms with Gasteiger partial charge in [-0.25, -0.2) is 0 Å². The monoisotopic (exact) mass is 293 g/mol. The van der Waals surface area contributed by atoms with Crippen molar-refractivity contribution in [2.75, 3.05) is 39.6 Å².